The number of carbonyl (C=O) groups excluding carboxylic acids is 15. The minimum atomic E-state index is -1.76. The van der Waals surface area contributed by atoms with E-state index < -0.39 is 225 Å². The number of hydrogen-bond donors (Lipinski definition) is 24. The van der Waals surface area contributed by atoms with Crippen LogP contribution in [0, 0.1) is 5.92 Å². The Morgan fingerprint density at radius 2 is 0.862 bits per heavy atom. The lowest BCUT2D eigenvalue weighted by atomic mass is 9.98. The van der Waals surface area contributed by atoms with Crippen molar-refractivity contribution in [2.24, 2.45) is 45.3 Å². The summed E-state index contributed by atoms with van der Waals surface area (Å²) in [5.41, 5.74) is 34.7. The molecular formula is C67H105N21O21. The number of rotatable bonds is 53. The molecule has 0 aromatic heterocycles. The van der Waals surface area contributed by atoms with Crippen molar-refractivity contribution in [1.29, 1.82) is 0 Å². The SMILES string of the molecule is CC[C@H](C)[C@H](NC(=O)CNC(=O)CNC(=O)[C@H](CCCCN)NC(=O)[C@H](CCCN=C(N)N)NC(=O)[C@H](CCCCN)NC(=O)[C@H](Cc1ccccc1)NC(=O)[C@@H](N)CC(N)=O)C(=O)NCC(=O)NCC(=O)N[C@@H](Cc1ccc(O)cc1)C(=O)N[C@@H](CO)C(=O)N[C@@H](C)C(=O)NCC(=O)N[C@@H](CCC(=O)O)C(=O)O. The zero-order valence-electron chi connectivity index (χ0n) is 61.0. The number of benzene rings is 2. The Hall–Kier alpha value is -11.7. The van der Waals surface area contributed by atoms with Crippen LogP contribution in [0.15, 0.2) is 59.6 Å². The number of aliphatic imine (C=N–C) groups is 1. The zero-order valence-corrected chi connectivity index (χ0v) is 61.0. The number of hydrogen-bond acceptors (Lipinski definition) is 23. The number of nitrogens with two attached hydrogens (primary N) is 6. The Kier molecular flexibility index (Phi) is 43.5. The molecule has 15 amide bonds. The van der Waals surface area contributed by atoms with Crippen molar-refractivity contribution in [1.82, 2.24) is 74.4 Å². The number of amides is 15. The molecule has 42 nitrogen and oxygen atoms in total. The molecule has 30 N–H and O–H groups in total. The number of nitrogens with one attached hydrogen (secondary N) is 14. The van der Waals surface area contributed by atoms with Crippen molar-refractivity contribution in [2.45, 2.75) is 171 Å². The van der Waals surface area contributed by atoms with Crippen LogP contribution in [0.5, 0.6) is 5.75 Å². The van der Waals surface area contributed by atoms with Crippen LogP contribution in [-0.2, 0) is 94.3 Å². The van der Waals surface area contributed by atoms with Gasteiger partial charge in [-0.15, -0.1) is 0 Å². The maximum atomic E-state index is 14.3. The second kappa shape index (κ2) is 50.8. The van der Waals surface area contributed by atoms with Gasteiger partial charge in [0.25, 0.3) is 0 Å². The standard InChI is InChI=1S/C67H105N21O21/c1-4-36(2)56(65(107)79-31-51(93)75-32-52(94)82-46(28-39-18-20-40(90)21-19-39)62(104)87-48(35-89)64(106)80-37(3)57(99)77-34-53(95)81-45(66(108)109)22-23-55(97)98)88-54(96)33-76-50(92)30-78-59(101)42(15-8-10-24-68)83-61(103)44(17-12-26-74-67(72)73)84-60(102)43(16-9-11-25-69)85-63(105)47(27-38-13-6-5-7-14-38)86-58(100)41(70)29-49(71)91/h5-7,13-14,18-21,36-37,41-48,56,89-90H,4,8-12,15-17,22-35,68-70H2,1-3H3,(H2,71,91)(H,75,93)(H,76,92)(H,77,99)(H,78,101)(H,79,107)(H,80,106)(H,81,95)(H,82,94)(H,83,103)(H,84,102)(H,85,105)(H,86,100)(H,87,104)(H,88,96)(H,97,98)(H,108,109)(H4,72,73,74)/t36-,37-,41-,42-,43-,44-,45-,46-,47-,48-,56-/m0/s1. The van der Waals surface area contributed by atoms with E-state index >= 15 is 0 Å². The number of aliphatic hydroxyl groups excluding tert-OH is 1. The fourth-order valence-corrected chi connectivity index (χ4v) is 10.00. The van der Waals surface area contributed by atoms with Crippen LogP contribution in [0.2, 0.25) is 0 Å². The van der Waals surface area contributed by atoms with E-state index in [9.17, 15) is 96.8 Å². The molecule has 0 unspecified atom stereocenters. The number of aliphatic carboxylic acids is 2. The molecule has 0 aliphatic carbocycles. The van der Waals surface area contributed by atoms with Gasteiger partial charge >= 0.3 is 11.9 Å². The van der Waals surface area contributed by atoms with Crippen LogP contribution < -0.4 is 109 Å². The molecule has 0 radical (unpaired) electrons. The van der Waals surface area contributed by atoms with E-state index in [1.807, 2.05) is 0 Å². The Morgan fingerprint density at radius 3 is 1.35 bits per heavy atom. The summed E-state index contributed by atoms with van der Waals surface area (Å²) < 4.78 is 0. The molecule has 0 fully saturated rings. The molecule has 0 saturated carbocycles. The molecule has 0 heterocycles. The third-order valence-electron chi connectivity index (χ3n) is 16.3. The lowest BCUT2D eigenvalue weighted by molar-refractivity contribution is -0.143. The van der Waals surface area contributed by atoms with Crippen LogP contribution in [0.1, 0.15) is 109 Å². The van der Waals surface area contributed by atoms with Gasteiger partial charge in [-0.05, 0) is 107 Å². The van der Waals surface area contributed by atoms with Crippen molar-refractivity contribution in [3.05, 3.63) is 65.7 Å². The molecular weight excluding hydrogens is 1430 g/mol. The van der Waals surface area contributed by atoms with Gasteiger partial charge in [-0.3, -0.25) is 81.7 Å². The first-order valence-corrected chi connectivity index (χ1v) is 35.0. The van der Waals surface area contributed by atoms with E-state index in [0.29, 0.717) is 43.2 Å². The molecule has 2 rings (SSSR count). The number of aliphatic hydroxyl groups is 1. The second-order valence-electron chi connectivity index (χ2n) is 25.2. The van der Waals surface area contributed by atoms with Gasteiger partial charge in [0.05, 0.1) is 51.8 Å². The Morgan fingerprint density at radius 1 is 0.440 bits per heavy atom. The monoisotopic (exact) mass is 1540 g/mol. The fraction of sp³-hybridized carbons (Fsp3) is 0.552. The summed E-state index contributed by atoms with van der Waals surface area (Å²) in [4.78, 5) is 226. The second-order valence-corrected chi connectivity index (χ2v) is 25.2. The summed E-state index contributed by atoms with van der Waals surface area (Å²) in [6.07, 6.45) is -0.242. The van der Waals surface area contributed by atoms with Crippen LogP contribution in [0.4, 0.5) is 0 Å². The molecule has 2 aromatic carbocycles. The van der Waals surface area contributed by atoms with Crippen molar-refractivity contribution < 1.29 is 102 Å². The molecule has 0 aliphatic heterocycles. The van der Waals surface area contributed by atoms with Gasteiger partial charge in [0, 0.05) is 25.8 Å². The average molecular weight is 1540 g/mol. The van der Waals surface area contributed by atoms with Crippen molar-refractivity contribution in [2.75, 3.05) is 59.0 Å². The van der Waals surface area contributed by atoms with Gasteiger partial charge in [0.2, 0.25) is 88.6 Å². The van der Waals surface area contributed by atoms with E-state index in [0.717, 1.165) is 0 Å². The first-order valence-electron chi connectivity index (χ1n) is 35.0. The summed E-state index contributed by atoms with van der Waals surface area (Å²) in [6, 6.07) is -0.566. The summed E-state index contributed by atoms with van der Waals surface area (Å²) in [5, 5.41) is 71.4. The summed E-state index contributed by atoms with van der Waals surface area (Å²) in [6.45, 7) is 0.0225. The van der Waals surface area contributed by atoms with Crippen molar-refractivity contribution in [3.63, 3.8) is 0 Å². The van der Waals surface area contributed by atoms with Crippen LogP contribution >= 0.6 is 0 Å². The van der Waals surface area contributed by atoms with Gasteiger partial charge < -0.3 is 129 Å². The molecule has 604 valence electrons. The highest BCUT2D eigenvalue weighted by molar-refractivity contribution is 5.99. The van der Waals surface area contributed by atoms with E-state index in [2.05, 4.69) is 79.4 Å². The smallest absolute Gasteiger partial charge is 0.326 e. The maximum Gasteiger partial charge on any atom is 0.326 e. The summed E-state index contributed by atoms with van der Waals surface area (Å²) in [5.74, 6) is -17.7. The molecule has 11 atom stereocenters. The largest absolute Gasteiger partial charge is 0.508 e. The zero-order chi connectivity index (χ0) is 81.7. The van der Waals surface area contributed by atoms with Crippen LogP contribution in [0.25, 0.3) is 0 Å². The van der Waals surface area contributed by atoms with Gasteiger partial charge in [0.1, 0.15) is 60.1 Å². The molecule has 0 saturated heterocycles. The third kappa shape index (κ3) is 38.4. The van der Waals surface area contributed by atoms with E-state index in [-0.39, 0.29) is 69.9 Å². The average Bonchev–Trinajstić information content (AvgIpc) is 0.862. The number of aromatic hydroxyl groups is 1. The Labute approximate surface area is 627 Å². The first kappa shape index (κ1) is 93.4. The fourth-order valence-electron chi connectivity index (χ4n) is 10.00. The van der Waals surface area contributed by atoms with Crippen LogP contribution in [-0.4, -0.2) is 246 Å². The summed E-state index contributed by atoms with van der Waals surface area (Å²) >= 11 is 0. The van der Waals surface area contributed by atoms with E-state index in [1.54, 1.807) is 44.2 Å². The predicted molar refractivity (Wildman–Crippen MR) is 389 cm³/mol. The first-order chi connectivity index (χ1) is 51.6. The van der Waals surface area contributed by atoms with E-state index in [1.165, 1.54) is 31.2 Å². The number of nitrogens with zero attached hydrogens (tertiary/aromatic N) is 1. The Balaban J connectivity index is 2.14. The quantitative estimate of drug-likeness (QED) is 0.0166. The number of phenols is 1. The highest BCUT2D eigenvalue weighted by Crippen LogP contribution is 2.14. The minimum absolute atomic E-state index is 0.000156. The Bertz CT molecular complexity index is 3440. The molecule has 42 heteroatoms. The lowest BCUT2D eigenvalue weighted by Crippen LogP contribution is -2.59. The van der Waals surface area contributed by atoms with Gasteiger partial charge in [-0.2, -0.15) is 0 Å². The number of unbranched alkanes of at least 4 members (excludes halogenated alkanes) is 2. The van der Waals surface area contributed by atoms with Gasteiger partial charge in [0.15, 0.2) is 5.96 Å². The lowest BCUT2D eigenvalue weighted by Gasteiger charge is -2.27. The molecule has 0 aliphatic rings. The van der Waals surface area contributed by atoms with Crippen LogP contribution in [0.3, 0.4) is 0 Å². The van der Waals surface area contributed by atoms with E-state index in [4.69, 9.17) is 39.5 Å². The van der Waals surface area contributed by atoms with Gasteiger partial charge in [-0.25, -0.2) is 4.79 Å². The van der Waals surface area contributed by atoms with Crippen molar-refractivity contribution >= 4 is 107 Å². The summed E-state index contributed by atoms with van der Waals surface area (Å²) in [7, 11) is 0. The number of phenolic OH excluding ortho intramolecular Hbond substituents is 1. The highest BCUT2D eigenvalue weighted by atomic mass is 16.4. The number of guanidine groups is 1. The number of carboxylic acids is 2. The number of carbonyl (C=O) groups is 17. The predicted octanol–water partition coefficient (Wildman–Crippen LogP) is -9.36. The molecule has 0 bridgehead atoms. The molecule has 0 spiro atoms. The normalized spacial score (nSPS) is 13.8. The highest BCUT2D eigenvalue weighted by Gasteiger charge is 2.35. The maximum absolute atomic E-state index is 14.3. The van der Waals surface area contributed by atoms with Crippen molar-refractivity contribution in [3.8, 4) is 5.75 Å². The molecule has 2 aromatic rings. The molecule has 109 heavy (non-hydrogen) atoms. The number of carboxylic acid groups (broad SMARTS) is 2. The van der Waals surface area contributed by atoms with Gasteiger partial charge in [-0.1, -0.05) is 62.7 Å². The minimum Gasteiger partial charge on any atom is -0.508 e. The third-order valence-corrected chi connectivity index (χ3v) is 16.3. The number of primary amides is 1. The topological polar surface area (TPSA) is 708 Å².